The van der Waals surface area contributed by atoms with Gasteiger partial charge in [-0.05, 0) is 55.4 Å². The van der Waals surface area contributed by atoms with Crippen molar-refractivity contribution in [2.75, 3.05) is 0 Å². The van der Waals surface area contributed by atoms with Gasteiger partial charge in [0.1, 0.15) is 0 Å². The average Bonchev–Trinajstić information content (AvgIpc) is 2.79. The van der Waals surface area contributed by atoms with Gasteiger partial charge in [-0.2, -0.15) is 0 Å². The van der Waals surface area contributed by atoms with Gasteiger partial charge in [0.25, 0.3) is 0 Å². The van der Waals surface area contributed by atoms with E-state index in [0.717, 1.165) is 6.42 Å². The van der Waals surface area contributed by atoms with Crippen LogP contribution >= 0.6 is 0 Å². The lowest BCUT2D eigenvalue weighted by Gasteiger charge is -2.48. The van der Waals surface area contributed by atoms with Gasteiger partial charge in [0, 0.05) is 5.92 Å². The first-order valence-corrected chi connectivity index (χ1v) is 7.22. The minimum absolute atomic E-state index is 0.387. The van der Waals surface area contributed by atoms with E-state index in [4.69, 9.17) is 0 Å². The summed E-state index contributed by atoms with van der Waals surface area (Å²) in [6.07, 6.45) is 12.8. The van der Waals surface area contributed by atoms with Gasteiger partial charge < -0.3 is 5.11 Å². The Bertz CT molecular complexity index is 366. The van der Waals surface area contributed by atoms with Crippen LogP contribution in [-0.4, -0.2) is 10.7 Å². The third-order valence-corrected chi connectivity index (χ3v) is 5.20. The molecule has 4 aliphatic rings. The fourth-order valence-corrected chi connectivity index (χ4v) is 4.24. The molecule has 4 aliphatic carbocycles. The van der Waals surface area contributed by atoms with Gasteiger partial charge in [0.05, 0.1) is 5.60 Å². The Kier molecular flexibility index (Phi) is 2.70. The Labute approximate surface area is 105 Å². The fourth-order valence-electron chi connectivity index (χ4n) is 4.24. The first-order chi connectivity index (χ1) is 8.11. The van der Waals surface area contributed by atoms with E-state index in [-0.39, 0.29) is 0 Å². The number of rotatable bonds is 2. The van der Waals surface area contributed by atoms with Crippen LogP contribution < -0.4 is 0 Å². The summed E-state index contributed by atoms with van der Waals surface area (Å²) >= 11 is 0. The van der Waals surface area contributed by atoms with Crippen molar-refractivity contribution >= 4 is 0 Å². The Morgan fingerprint density at radius 1 is 1.24 bits per heavy atom. The third-order valence-electron chi connectivity index (χ3n) is 5.20. The summed E-state index contributed by atoms with van der Waals surface area (Å²) in [5.41, 5.74) is 0.884. The summed E-state index contributed by atoms with van der Waals surface area (Å²) in [6, 6.07) is 0. The van der Waals surface area contributed by atoms with Crippen LogP contribution in [0.15, 0.2) is 23.8 Å². The van der Waals surface area contributed by atoms with E-state index in [9.17, 15) is 5.11 Å². The average molecular weight is 232 g/mol. The maximum Gasteiger partial charge on any atom is 0.0927 e. The topological polar surface area (TPSA) is 20.2 Å². The molecule has 0 aromatic carbocycles. The standard InChI is InChI=1S/C16H24O/c1-11(2)14-4-3-5-15(14)16(17)10-12-6-8-13(16)9-7-12/h5-6,8,11-14,17H,3-4,7,9-10H2,1-2H3/t12-,13+,14+,16+/m0/s1. The summed E-state index contributed by atoms with van der Waals surface area (Å²) in [4.78, 5) is 0. The number of aliphatic hydroxyl groups is 1. The normalized spacial score (nSPS) is 44.5. The lowest BCUT2D eigenvalue weighted by Crippen LogP contribution is -2.48. The van der Waals surface area contributed by atoms with Crippen LogP contribution in [0.5, 0.6) is 0 Å². The maximum atomic E-state index is 11.2. The summed E-state index contributed by atoms with van der Waals surface area (Å²) in [5, 5.41) is 11.2. The SMILES string of the molecule is CC(C)[C@H]1CCC=C1[C@@]1(O)C[C@H]2C=C[C@@H]1CC2. The van der Waals surface area contributed by atoms with Gasteiger partial charge in [-0.1, -0.05) is 32.1 Å². The first kappa shape index (κ1) is 11.5. The molecule has 0 spiro atoms. The molecule has 4 atom stereocenters. The van der Waals surface area contributed by atoms with Gasteiger partial charge in [-0.25, -0.2) is 0 Å². The van der Waals surface area contributed by atoms with E-state index in [1.165, 1.54) is 31.3 Å². The Morgan fingerprint density at radius 2 is 2.06 bits per heavy atom. The quantitative estimate of drug-likeness (QED) is 0.720. The first-order valence-electron chi connectivity index (χ1n) is 7.22. The van der Waals surface area contributed by atoms with Gasteiger partial charge >= 0.3 is 0 Å². The molecule has 0 aromatic heterocycles. The second-order valence-electron chi connectivity index (χ2n) is 6.54. The van der Waals surface area contributed by atoms with Crippen LogP contribution in [0.2, 0.25) is 0 Å². The monoisotopic (exact) mass is 232 g/mol. The Morgan fingerprint density at radius 3 is 2.59 bits per heavy atom. The Balaban J connectivity index is 1.91. The second-order valence-corrected chi connectivity index (χ2v) is 6.54. The van der Waals surface area contributed by atoms with Crippen molar-refractivity contribution in [3.8, 4) is 0 Å². The van der Waals surface area contributed by atoms with E-state index in [1.807, 2.05) is 0 Å². The van der Waals surface area contributed by atoms with E-state index >= 15 is 0 Å². The lowest BCUT2D eigenvalue weighted by atomic mass is 9.61. The maximum absolute atomic E-state index is 11.2. The van der Waals surface area contributed by atoms with Crippen LogP contribution in [0.1, 0.15) is 46.0 Å². The molecule has 1 nitrogen and oxygen atoms in total. The predicted molar refractivity (Wildman–Crippen MR) is 70.6 cm³/mol. The van der Waals surface area contributed by atoms with Gasteiger partial charge in [-0.3, -0.25) is 0 Å². The molecule has 1 N–H and O–H groups in total. The van der Waals surface area contributed by atoms with Crippen LogP contribution in [0, 0.1) is 23.7 Å². The summed E-state index contributed by atoms with van der Waals surface area (Å²) in [7, 11) is 0. The molecule has 4 rings (SSSR count). The number of allylic oxidation sites excluding steroid dienone is 2. The molecule has 0 heterocycles. The van der Waals surface area contributed by atoms with Crippen molar-refractivity contribution in [3.63, 3.8) is 0 Å². The minimum Gasteiger partial charge on any atom is -0.385 e. The van der Waals surface area contributed by atoms with Gasteiger partial charge in [-0.15, -0.1) is 0 Å². The zero-order valence-corrected chi connectivity index (χ0v) is 11.0. The summed E-state index contributed by atoms with van der Waals surface area (Å²) in [5.74, 6) is 2.29. The van der Waals surface area contributed by atoms with Crippen LogP contribution in [0.25, 0.3) is 0 Å². The molecule has 0 aliphatic heterocycles. The van der Waals surface area contributed by atoms with Crippen LogP contribution in [0.3, 0.4) is 0 Å². The summed E-state index contributed by atoms with van der Waals surface area (Å²) in [6.45, 7) is 4.59. The van der Waals surface area contributed by atoms with Crippen molar-refractivity contribution in [3.05, 3.63) is 23.8 Å². The number of hydrogen-bond donors (Lipinski definition) is 1. The fraction of sp³-hybridized carbons (Fsp3) is 0.750. The number of hydrogen-bond acceptors (Lipinski definition) is 1. The van der Waals surface area contributed by atoms with E-state index in [0.29, 0.717) is 23.7 Å². The van der Waals surface area contributed by atoms with Gasteiger partial charge in [0.2, 0.25) is 0 Å². The smallest absolute Gasteiger partial charge is 0.0927 e. The molecule has 0 unspecified atom stereocenters. The van der Waals surface area contributed by atoms with Crippen LogP contribution in [0.4, 0.5) is 0 Å². The largest absolute Gasteiger partial charge is 0.385 e. The zero-order valence-electron chi connectivity index (χ0n) is 11.0. The zero-order chi connectivity index (χ0) is 12.0. The molecule has 1 saturated carbocycles. The number of fused-ring (bicyclic) bond motifs is 2. The molecular formula is C16H24O. The summed E-state index contributed by atoms with van der Waals surface area (Å²) < 4.78 is 0. The Hall–Kier alpha value is -0.560. The molecule has 0 amide bonds. The van der Waals surface area contributed by atoms with Crippen molar-refractivity contribution < 1.29 is 5.11 Å². The molecule has 0 aromatic rings. The highest BCUT2D eigenvalue weighted by Crippen LogP contribution is 2.51. The highest BCUT2D eigenvalue weighted by atomic mass is 16.3. The molecule has 1 fully saturated rings. The molecule has 2 bridgehead atoms. The van der Waals surface area contributed by atoms with E-state index < -0.39 is 5.60 Å². The molecule has 17 heavy (non-hydrogen) atoms. The predicted octanol–water partition coefficient (Wildman–Crippen LogP) is 3.70. The van der Waals surface area contributed by atoms with Gasteiger partial charge in [0.15, 0.2) is 0 Å². The molecule has 0 saturated heterocycles. The van der Waals surface area contributed by atoms with E-state index in [1.54, 1.807) is 0 Å². The van der Waals surface area contributed by atoms with Crippen molar-refractivity contribution in [1.29, 1.82) is 0 Å². The minimum atomic E-state index is -0.497. The highest BCUT2D eigenvalue weighted by Gasteiger charge is 2.48. The molecule has 0 radical (unpaired) electrons. The van der Waals surface area contributed by atoms with E-state index in [2.05, 4.69) is 32.1 Å². The van der Waals surface area contributed by atoms with Crippen molar-refractivity contribution in [2.45, 2.75) is 51.6 Å². The highest BCUT2D eigenvalue weighted by molar-refractivity contribution is 5.31. The lowest BCUT2D eigenvalue weighted by molar-refractivity contribution is -0.0256. The van der Waals surface area contributed by atoms with Crippen molar-refractivity contribution in [2.24, 2.45) is 23.7 Å². The molecule has 1 heteroatoms. The second kappa shape index (κ2) is 3.98. The van der Waals surface area contributed by atoms with Crippen LogP contribution in [-0.2, 0) is 0 Å². The molecule has 94 valence electrons. The third kappa shape index (κ3) is 1.71. The van der Waals surface area contributed by atoms with Crippen molar-refractivity contribution in [1.82, 2.24) is 0 Å². The molecular weight excluding hydrogens is 208 g/mol.